The molecule has 0 aliphatic rings. The summed E-state index contributed by atoms with van der Waals surface area (Å²) in [7, 11) is 1.98. The first-order valence-corrected chi connectivity index (χ1v) is 8.17. The maximum atomic E-state index is 4.75. The number of nitrogens with one attached hydrogen (secondary N) is 1. The summed E-state index contributed by atoms with van der Waals surface area (Å²) >= 11 is 1.81. The lowest BCUT2D eigenvalue weighted by Crippen LogP contribution is -2.10. The van der Waals surface area contributed by atoms with Crippen LogP contribution in [0.1, 0.15) is 60.7 Å². The molecule has 0 aliphatic heterocycles. The Bertz CT molecular complexity index is 646. The van der Waals surface area contributed by atoms with Crippen LogP contribution >= 0.6 is 11.3 Å². The van der Waals surface area contributed by atoms with Crippen LogP contribution in [-0.2, 0) is 12.5 Å². The van der Waals surface area contributed by atoms with Crippen LogP contribution in [0.4, 0.5) is 5.69 Å². The van der Waals surface area contributed by atoms with Gasteiger partial charge in [0, 0.05) is 17.3 Å². The molecule has 0 bridgehead atoms. The van der Waals surface area contributed by atoms with Crippen LogP contribution < -0.4 is 5.32 Å². The van der Waals surface area contributed by atoms with E-state index in [1.807, 2.05) is 30.0 Å². The molecule has 1 atom stereocenters. The number of hydrogen-bond acceptors (Lipinski definition) is 4. The molecule has 0 radical (unpaired) electrons. The van der Waals surface area contributed by atoms with Gasteiger partial charge in [-0.2, -0.15) is 5.10 Å². The minimum absolute atomic E-state index is 0.105. The molecule has 5 heteroatoms. The molecule has 2 rings (SSSR count). The van der Waals surface area contributed by atoms with Crippen LogP contribution in [0.3, 0.4) is 0 Å². The Morgan fingerprint density at radius 1 is 1.14 bits per heavy atom. The van der Waals surface area contributed by atoms with Crippen LogP contribution in [0.5, 0.6) is 0 Å². The maximum absolute atomic E-state index is 4.75. The van der Waals surface area contributed by atoms with Crippen molar-refractivity contribution in [1.82, 2.24) is 14.8 Å². The molecule has 2 aromatic heterocycles. The Labute approximate surface area is 131 Å². The Balaban J connectivity index is 2.29. The average molecular weight is 306 g/mol. The molecular formula is C16H26N4S. The second-order valence-corrected chi connectivity index (χ2v) is 7.78. The molecule has 1 unspecified atom stereocenters. The minimum atomic E-state index is 0.105. The first-order valence-electron chi connectivity index (χ1n) is 7.35. The fourth-order valence-corrected chi connectivity index (χ4v) is 3.52. The fourth-order valence-electron chi connectivity index (χ4n) is 2.40. The van der Waals surface area contributed by atoms with Gasteiger partial charge in [0.15, 0.2) is 0 Å². The predicted molar refractivity (Wildman–Crippen MR) is 90.3 cm³/mol. The molecule has 0 amide bonds. The van der Waals surface area contributed by atoms with Crippen LogP contribution in [0.25, 0.3) is 0 Å². The SMILES string of the molecule is Cc1nc(C(C)(C)C)sc1C(C)Nc1c(C)nn(C)c1C. The van der Waals surface area contributed by atoms with Crippen molar-refractivity contribution in [2.75, 3.05) is 5.32 Å². The molecule has 0 aliphatic carbocycles. The number of aromatic nitrogens is 3. The standard InChI is InChI=1S/C16H26N4S/c1-9-13(12(4)20(8)19-9)17-10(2)14-11(3)18-15(21-14)16(5,6)7/h10,17H,1-8H3. The van der Waals surface area contributed by atoms with Gasteiger partial charge in [-0.1, -0.05) is 20.8 Å². The number of thiazole rings is 1. The second-order valence-electron chi connectivity index (χ2n) is 6.75. The summed E-state index contributed by atoms with van der Waals surface area (Å²) in [5.74, 6) is 0. The normalized spacial score (nSPS) is 13.5. The van der Waals surface area contributed by atoms with E-state index in [0.29, 0.717) is 0 Å². The van der Waals surface area contributed by atoms with Crippen molar-refractivity contribution in [2.45, 2.75) is 59.9 Å². The van der Waals surface area contributed by atoms with Crippen molar-refractivity contribution < 1.29 is 0 Å². The highest BCUT2D eigenvalue weighted by Gasteiger charge is 2.23. The summed E-state index contributed by atoms with van der Waals surface area (Å²) in [5.41, 5.74) is 4.57. The number of nitrogens with zero attached hydrogens (tertiary/aromatic N) is 3. The number of hydrogen-bond donors (Lipinski definition) is 1. The molecule has 0 saturated heterocycles. The number of aryl methyl sites for hydroxylation is 3. The second kappa shape index (κ2) is 5.44. The van der Waals surface area contributed by atoms with Gasteiger partial charge in [0.05, 0.1) is 33.8 Å². The lowest BCUT2D eigenvalue weighted by atomic mass is 9.98. The molecular weight excluding hydrogens is 280 g/mol. The topological polar surface area (TPSA) is 42.7 Å². The zero-order valence-electron chi connectivity index (χ0n) is 14.3. The highest BCUT2D eigenvalue weighted by molar-refractivity contribution is 7.12. The van der Waals surface area contributed by atoms with E-state index in [1.165, 1.54) is 9.88 Å². The quantitative estimate of drug-likeness (QED) is 0.920. The summed E-state index contributed by atoms with van der Waals surface area (Å²) in [6.45, 7) is 15.1. The van der Waals surface area contributed by atoms with Gasteiger partial charge in [0.25, 0.3) is 0 Å². The highest BCUT2D eigenvalue weighted by Crippen LogP contribution is 2.34. The molecule has 21 heavy (non-hydrogen) atoms. The lowest BCUT2D eigenvalue weighted by molar-refractivity contribution is 0.584. The highest BCUT2D eigenvalue weighted by atomic mass is 32.1. The molecule has 116 valence electrons. The van der Waals surface area contributed by atoms with Crippen molar-refractivity contribution in [1.29, 1.82) is 0 Å². The zero-order valence-corrected chi connectivity index (χ0v) is 15.1. The smallest absolute Gasteiger partial charge is 0.0985 e. The predicted octanol–water partition coefficient (Wildman–Crippen LogP) is 4.27. The number of anilines is 1. The Kier molecular flexibility index (Phi) is 4.15. The van der Waals surface area contributed by atoms with Gasteiger partial charge in [-0.25, -0.2) is 4.98 Å². The molecule has 0 fully saturated rings. The van der Waals surface area contributed by atoms with Gasteiger partial charge >= 0.3 is 0 Å². The van der Waals surface area contributed by atoms with Crippen molar-refractivity contribution in [3.63, 3.8) is 0 Å². The van der Waals surface area contributed by atoms with Gasteiger partial charge in [-0.05, 0) is 27.7 Å². The average Bonchev–Trinajstić information content (AvgIpc) is 2.85. The molecule has 1 N–H and O–H groups in total. The molecule has 0 spiro atoms. The first-order chi connectivity index (χ1) is 9.61. The van der Waals surface area contributed by atoms with E-state index in [-0.39, 0.29) is 11.5 Å². The van der Waals surface area contributed by atoms with Gasteiger partial charge in [-0.15, -0.1) is 11.3 Å². The van der Waals surface area contributed by atoms with Gasteiger partial charge in [0.1, 0.15) is 0 Å². The largest absolute Gasteiger partial charge is 0.375 e. The molecule has 4 nitrogen and oxygen atoms in total. The summed E-state index contributed by atoms with van der Waals surface area (Å²) in [4.78, 5) is 6.06. The third-order valence-electron chi connectivity index (χ3n) is 3.74. The van der Waals surface area contributed by atoms with E-state index in [9.17, 15) is 0 Å². The van der Waals surface area contributed by atoms with Crippen LogP contribution in [0.2, 0.25) is 0 Å². The minimum Gasteiger partial charge on any atom is -0.375 e. The Hall–Kier alpha value is -1.36. The van der Waals surface area contributed by atoms with E-state index in [1.54, 1.807) is 0 Å². The fraction of sp³-hybridized carbons (Fsp3) is 0.625. The Morgan fingerprint density at radius 3 is 2.19 bits per heavy atom. The summed E-state index contributed by atoms with van der Waals surface area (Å²) in [6.07, 6.45) is 0. The van der Waals surface area contributed by atoms with E-state index in [4.69, 9.17) is 4.98 Å². The maximum Gasteiger partial charge on any atom is 0.0985 e. The van der Waals surface area contributed by atoms with Gasteiger partial charge < -0.3 is 5.32 Å². The molecule has 2 heterocycles. The van der Waals surface area contributed by atoms with Gasteiger partial charge in [0.2, 0.25) is 0 Å². The van der Waals surface area contributed by atoms with Crippen molar-refractivity contribution >= 4 is 17.0 Å². The monoisotopic (exact) mass is 306 g/mol. The van der Waals surface area contributed by atoms with Crippen LogP contribution in [0.15, 0.2) is 0 Å². The molecule has 0 aromatic carbocycles. The summed E-state index contributed by atoms with van der Waals surface area (Å²) in [6, 6.07) is 0.236. The molecule has 2 aromatic rings. The third kappa shape index (κ3) is 3.12. The first kappa shape index (κ1) is 16.0. The summed E-state index contributed by atoms with van der Waals surface area (Å²) < 4.78 is 1.92. The van der Waals surface area contributed by atoms with E-state index in [0.717, 1.165) is 22.8 Å². The Morgan fingerprint density at radius 2 is 1.76 bits per heavy atom. The zero-order chi connectivity index (χ0) is 15.9. The van der Waals surface area contributed by atoms with Crippen molar-refractivity contribution in [2.24, 2.45) is 7.05 Å². The molecule has 0 saturated carbocycles. The number of rotatable bonds is 3. The van der Waals surface area contributed by atoms with E-state index in [2.05, 4.69) is 52.0 Å². The van der Waals surface area contributed by atoms with Gasteiger partial charge in [-0.3, -0.25) is 4.68 Å². The van der Waals surface area contributed by atoms with Crippen LogP contribution in [0, 0.1) is 20.8 Å². The van der Waals surface area contributed by atoms with Crippen molar-refractivity contribution in [3.8, 4) is 0 Å². The van der Waals surface area contributed by atoms with Crippen LogP contribution in [-0.4, -0.2) is 14.8 Å². The van der Waals surface area contributed by atoms with Crippen molar-refractivity contribution in [3.05, 3.63) is 27.0 Å². The lowest BCUT2D eigenvalue weighted by Gasteiger charge is -2.15. The van der Waals surface area contributed by atoms with E-state index < -0.39 is 0 Å². The third-order valence-corrected chi connectivity index (χ3v) is 5.50. The summed E-state index contributed by atoms with van der Waals surface area (Å²) in [5, 5.41) is 9.27. The van der Waals surface area contributed by atoms with E-state index >= 15 is 0 Å².